The Labute approximate surface area is 138 Å². The summed E-state index contributed by atoms with van der Waals surface area (Å²) >= 11 is 0. The normalized spacial score (nSPS) is 10.7. The monoisotopic (exact) mass is 323 g/mol. The van der Waals surface area contributed by atoms with Gasteiger partial charge in [-0.25, -0.2) is 0 Å². The van der Waals surface area contributed by atoms with Crippen LogP contribution >= 0.6 is 0 Å². The maximum Gasteiger partial charge on any atom is 0.305 e. The molecule has 24 heavy (non-hydrogen) atoms. The molecule has 1 heterocycles. The van der Waals surface area contributed by atoms with E-state index in [0.717, 1.165) is 11.1 Å². The largest absolute Gasteiger partial charge is 0.481 e. The second kappa shape index (κ2) is 6.95. The van der Waals surface area contributed by atoms with Crippen LogP contribution in [-0.4, -0.2) is 27.2 Å². The fourth-order valence-electron chi connectivity index (χ4n) is 2.56. The molecule has 2 N–H and O–H groups in total. The van der Waals surface area contributed by atoms with Crippen molar-refractivity contribution in [2.24, 2.45) is 0 Å². The first-order valence-corrected chi connectivity index (χ1v) is 7.64. The van der Waals surface area contributed by atoms with Crippen LogP contribution in [-0.2, 0) is 11.3 Å². The average molecular weight is 323 g/mol. The van der Waals surface area contributed by atoms with Gasteiger partial charge in [0.25, 0.3) is 5.56 Å². The van der Waals surface area contributed by atoms with Crippen molar-refractivity contribution in [3.8, 4) is 0 Å². The van der Waals surface area contributed by atoms with Gasteiger partial charge in [-0.1, -0.05) is 42.5 Å². The van der Waals surface area contributed by atoms with Crippen molar-refractivity contribution in [1.82, 2.24) is 9.55 Å². The summed E-state index contributed by atoms with van der Waals surface area (Å²) in [6.45, 7) is 0.735. The lowest BCUT2D eigenvalue weighted by Crippen LogP contribution is -2.21. The lowest BCUT2D eigenvalue weighted by Gasteiger charge is -2.16. The molecular formula is C18H17N3O3. The van der Waals surface area contributed by atoms with E-state index in [-0.39, 0.29) is 18.5 Å². The number of carboxylic acid groups (broad SMARTS) is 1. The number of aliphatic carboxylic acids is 1. The number of fused-ring (bicyclic) bond motifs is 1. The van der Waals surface area contributed by atoms with Gasteiger partial charge in [-0.05, 0) is 17.7 Å². The van der Waals surface area contributed by atoms with Gasteiger partial charge in [0.05, 0.1) is 23.9 Å². The molecule has 6 heteroatoms. The summed E-state index contributed by atoms with van der Waals surface area (Å²) in [6, 6.07) is 17.1. The van der Waals surface area contributed by atoms with Crippen molar-refractivity contribution < 1.29 is 9.90 Å². The number of hydrogen-bond acceptors (Lipinski definition) is 4. The van der Waals surface area contributed by atoms with Gasteiger partial charge < -0.3 is 15.0 Å². The Hall–Kier alpha value is -3.15. The quantitative estimate of drug-likeness (QED) is 0.727. The minimum atomic E-state index is -0.903. The molecule has 0 amide bonds. The van der Waals surface area contributed by atoms with Crippen LogP contribution < -0.4 is 10.9 Å². The summed E-state index contributed by atoms with van der Waals surface area (Å²) < 4.78 is 1.90. The highest BCUT2D eigenvalue weighted by Gasteiger charge is 2.11. The summed E-state index contributed by atoms with van der Waals surface area (Å²) in [5, 5.41) is 12.3. The molecule has 6 nitrogen and oxygen atoms in total. The number of benzene rings is 2. The maximum atomic E-state index is 12.2. The van der Waals surface area contributed by atoms with Crippen molar-refractivity contribution in [2.45, 2.75) is 13.0 Å². The molecule has 3 aromatic rings. The maximum absolute atomic E-state index is 12.2. The van der Waals surface area contributed by atoms with Gasteiger partial charge in [-0.2, -0.15) is 4.98 Å². The fraction of sp³-hybridized carbons (Fsp3) is 0.167. The Kier molecular flexibility index (Phi) is 4.56. The van der Waals surface area contributed by atoms with Crippen LogP contribution in [0.2, 0.25) is 0 Å². The van der Waals surface area contributed by atoms with Crippen molar-refractivity contribution in [2.75, 3.05) is 11.9 Å². The second-order valence-electron chi connectivity index (χ2n) is 5.40. The first-order valence-electron chi connectivity index (χ1n) is 7.64. The molecule has 0 saturated carbocycles. The molecule has 122 valence electrons. The van der Waals surface area contributed by atoms with Crippen molar-refractivity contribution in [1.29, 1.82) is 0 Å². The number of carboxylic acids is 1. The summed E-state index contributed by atoms with van der Waals surface area (Å²) in [6.07, 6.45) is -0.0476. The predicted molar refractivity (Wildman–Crippen MR) is 92.3 cm³/mol. The molecule has 1 aromatic heterocycles. The molecule has 0 aliphatic carbocycles. The first-order chi connectivity index (χ1) is 11.6. The highest BCUT2D eigenvalue weighted by molar-refractivity contribution is 5.79. The molecule has 0 bridgehead atoms. The van der Waals surface area contributed by atoms with Crippen LogP contribution in [0, 0.1) is 0 Å². The summed E-state index contributed by atoms with van der Waals surface area (Å²) in [5.74, 6) is -0.524. The topological polar surface area (TPSA) is 84.2 Å². The number of nitrogens with one attached hydrogen (secondary N) is 1. The molecule has 0 atom stereocenters. The van der Waals surface area contributed by atoms with E-state index in [1.807, 2.05) is 47.0 Å². The highest BCUT2D eigenvalue weighted by atomic mass is 16.4. The Bertz CT molecular complexity index is 920. The van der Waals surface area contributed by atoms with Gasteiger partial charge in [-0.3, -0.25) is 9.59 Å². The number of para-hydroxylation sites is 1. The van der Waals surface area contributed by atoms with Gasteiger partial charge in [-0.15, -0.1) is 0 Å². The third-order valence-corrected chi connectivity index (χ3v) is 3.69. The lowest BCUT2D eigenvalue weighted by atomic mass is 10.2. The number of anilines is 1. The second-order valence-corrected chi connectivity index (χ2v) is 5.40. The van der Waals surface area contributed by atoms with E-state index >= 15 is 0 Å². The van der Waals surface area contributed by atoms with Crippen LogP contribution in [0.15, 0.2) is 59.4 Å². The number of carbonyl (C=O) groups is 1. The Morgan fingerprint density at radius 3 is 2.54 bits per heavy atom. The van der Waals surface area contributed by atoms with E-state index in [1.54, 1.807) is 12.1 Å². The van der Waals surface area contributed by atoms with E-state index in [4.69, 9.17) is 5.11 Å². The third kappa shape index (κ3) is 3.43. The molecule has 0 spiro atoms. The van der Waals surface area contributed by atoms with Gasteiger partial charge >= 0.3 is 5.97 Å². The van der Waals surface area contributed by atoms with Crippen LogP contribution in [0.25, 0.3) is 10.9 Å². The molecule has 0 unspecified atom stereocenters. The highest BCUT2D eigenvalue weighted by Crippen LogP contribution is 2.17. The van der Waals surface area contributed by atoms with Crippen LogP contribution in [0.3, 0.4) is 0 Å². The van der Waals surface area contributed by atoms with Crippen molar-refractivity contribution in [3.05, 3.63) is 70.5 Å². The van der Waals surface area contributed by atoms with Gasteiger partial charge in [0.1, 0.15) is 0 Å². The van der Waals surface area contributed by atoms with Crippen LogP contribution in [0.5, 0.6) is 0 Å². The number of aromatic nitrogens is 2. The van der Waals surface area contributed by atoms with E-state index < -0.39 is 5.97 Å². The Morgan fingerprint density at radius 1 is 1.08 bits per heavy atom. The summed E-state index contributed by atoms with van der Waals surface area (Å²) in [4.78, 5) is 27.0. The molecule has 0 radical (unpaired) electrons. The fourth-order valence-corrected chi connectivity index (χ4v) is 2.56. The van der Waals surface area contributed by atoms with Crippen LogP contribution in [0.1, 0.15) is 12.0 Å². The van der Waals surface area contributed by atoms with E-state index in [9.17, 15) is 9.59 Å². The molecule has 2 aromatic carbocycles. The predicted octanol–water partition coefficient (Wildman–Crippen LogP) is 2.33. The zero-order valence-electron chi connectivity index (χ0n) is 13.0. The van der Waals surface area contributed by atoms with Crippen molar-refractivity contribution >= 4 is 22.8 Å². The summed E-state index contributed by atoms with van der Waals surface area (Å²) in [5.41, 5.74) is 1.50. The lowest BCUT2D eigenvalue weighted by molar-refractivity contribution is -0.136. The van der Waals surface area contributed by atoms with Gasteiger partial charge in [0.2, 0.25) is 5.95 Å². The molecule has 0 aliphatic heterocycles. The van der Waals surface area contributed by atoms with E-state index in [1.165, 1.54) is 0 Å². The minimum Gasteiger partial charge on any atom is -0.481 e. The first kappa shape index (κ1) is 15.7. The Balaban J connectivity index is 2.06. The van der Waals surface area contributed by atoms with Crippen molar-refractivity contribution in [3.63, 3.8) is 0 Å². The molecule has 0 aliphatic rings. The molecule has 0 fully saturated rings. The number of rotatable bonds is 6. The van der Waals surface area contributed by atoms with E-state index in [2.05, 4.69) is 10.3 Å². The number of hydrogen-bond donors (Lipinski definition) is 2. The van der Waals surface area contributed by atoms with E-state index in [0.29, 0.717) is 17.9 Å². The van der Waals surface area contributed by atoms with Crippen LogP contribution in [0.4, 0.5) is 5.95 Å². The Morgan fingerprint density at radius 2 is 1.79 bits per heavy atom. The minimum absolute atomic E-state index is 0.0476. The smallest absolute Gasteiger partial charge is 0.305 e. The summed E-state index contributed by atoms with van der Waals surface area (Å²) in [7, 11) is 0. The van der Waals surface area contributed by atoms with Gasteiger partial charge in [0, 0.05) is 6.54 Å². The standard InChI is InChI=1S/C18H17N3O3/c22-16(23)10-11-19-18-20-17(24)14-8-4-5-9-15(14)21(18)12-13-6-2-1-3-7-13/h1-9H,10-12H2,(H,22,23)(H,19,20,24). The number of nitrogens with zero attached hydrogens (tertiary/aromatic N) is 2. The molecular weight excluding hydrogens is 306 g/mol. The van der Waals surface area contributed by atoms with Gasteiger partial charge in [0.15, 0.2) is 0 Å². The zero-order chi connectivity index (χ0) is 16.9. The average Bonchev–Trinajstić information content (AvgIpc) is 2.59. The SMILES string of the molecule is O=C(O)CCNc1nc(=O)c2ccccc2n1Cc1ccccc1. The third-order valence-electron chi connectivity index (χ3n) is 3.69. The molecule has 3 rings (SSSR count). The molecule has 0 saturated heterocycles. The zero-order valence-corrected chi connectivity index (χ0v) is 13.0.